The van der Waals surface area contributed by atoms with Crippen molar-refractivity contribution in [2.24, 2.45) is 4.36 Å². The van der Waals surface area contributed by atoms with Crippen molar-refractivity contribution in [1.82, 2.24) is 4.98 Å². The van der Waals surface area contributed by atoms with Crippen LogP contribution in [0, 0.1) is 0 Å². The lowest BCUT2D eigenvalue weighted by atomic mass is 9.78. The fraction of sp³-hybridized carbons (Fsp3) is 0.194. The second-order valence-electron chi connectivity index (χ2n) is 10.8. The average Bonchev–Trinajstić information content (AvgIpc) is 3.14. The fourth-order valence-electron chi connectivity index (χ4n) is 5.06. The lowest BCUT2D eigenvalue weighted by Gasteiger charge is -2.32. The minimum atomic E-state index is -0.426. The second-order valence-corrected chi connectivity index (χ2v) is 10.9. The van der Waals surface area contributed by atoms with Crippen molar-refractivity contribution in [3.63, 3.8) is 0 Å². The first kappa shape index (κ1) is 24.7. The minimum absolute atomic E-state index is 0.398. The Labute approximate surface area is 228 Å². The molecule has 2 heterocycles. The van der Waals surface area contributed by atoms with E-state index in [-0.39, 0.29) is 0 Å². The van der Waals surface area contributed by atoms with Gasteiger partial charge in [-0.05, 0) is 50.9 Å². The van der Waals surface area contributed by atoms with Crippen LogP contribution in [0.5, 0.6) is 0 Å². The van der Waals surface area contributed by atoms with Gasteiger partial charge in [0.05, 0.1) is 28.1 Å². The SMILES string of the molecule is CC1(C)OB(c2ccc(-c3nc4ccccc4c4c(N=S)c(N)c(-c5ccccc5)cc34)cc2)OC1(C)C. The van der Waals surface area contributed by atoms with Crippen LogP contribution in [0.2, 0.25) is 0 Å². The first-order chi connectivity index (χ1) is 18.2. The van der Waals surface area contributed by atoms with Crippen LogP contribution in [0.25, 0.3) is 44.1 Å². The van der Waals surface area contributed by atoms with Crippen LogP contribution < -0.4 is 11.2 Å². The van der Waals surface area contributed by atoms with Crippen LogP contribution in [0.4, 0.5) is 11.4 Å². The molecule has 1 fully saturated rings. The largest absolute Gasteiger partial charge is 0.494 e. The number of benzene rings is 4. The molecule has 1 aromatic heterocycles. The molecule has 0 atom stereocenters. The molecule has 188 valence electrons. The molecule has 0 amide bonds. The van der Waals surface area contributed by atoms with Crippen LogP contribution >= 0.6 is 0 Å². The number of pyridine rings is 1. The number of anilines is 1. The monoisotopic (exact) mass is 517 g/mol. The summed E-state index contributed by atoms with van der Waals surface area (Å²) in [6, 6.07) is 28.4. The van der Waals surface area contributed by atoms with Gasteiger partial charge in [0, 0.05) is 39.7 Å². The molecule has 5 aromatic rings. The summed E-state index contributed by atoms with van der Waals surface area (Å²) in [5.41, 5.74) is 12.6. The highest BCUT2D eigenvalue weighted by Gasteiger charge is 2.51. The Balaban J connectivity index is 1.56. The van der Waals surface area contributed by atoms with Crippen molar-refractivity contribution < 1.29 is 9.31 Å². The summed E-state index contributed by atoms with van der Waals surface area (Å²) >= 11 is 5.28. The normalized spacial score (nSPS) is 16.3. The van der Waals surface area contributed by atoms with Gasteiger partial charge in [-0.25, -0.2) is 4.98 Å². The molecule has 0 spiro atoms. The first-order valence-electron chi connectivity index (χ1n) is 12.7. The maximum Gasteiger partial charge on any atom is 0.494 e. The lowest BCUT2D eigenvalue weighted by Crippen LogP contribution is -2.41. The van der Waals surface area contributed by atoms with E-state index in [2.05, 4.69) is 50.3 Å². The summed E-state index contributed by atoms with van der Waals surface area (Å²) in [6.45, 7) is 8.24. The van der Waals surface area contributed by atoms with E-state index in [9.17, 15) is 0 Å². The van der Waals surface area contributed by atoms with Crippen LogP contribution in [0.3, 0.4) is 0 Å². The number of hydrogen-bond acceptors (Lipinski definition) is 6. The zero-order valence-corrected chi connectivity index (χ0v) is 22.7. The van der Waals surface area contributed by atoms with Crippen molar-refractivity contribution in [2.75, 3.05) is 5.73 Å². The van der Waals surface area contributed by atoms with Gasteiger partial charge in [-0.15, -0.1) is 0 Å². The Bertz CT molecular complexity index is 1690. The van der Waals surface area contributed by atoms with Crippen LogP contribution in [-0.4, -0.2) is 23.3 Å². The minimum Gasteiger partial charge on any atom is -0.399 e. The van der Waals surface area contributed by atoms with Crippen molar-refractivity contribution >= 4 is 58.1 Å². The number of rotatable bonds is 4. The van der Waals surface area contributed by atoms with Gasteiger partial charge in [-0.2, -0.15) is 4.36 Å². The predicted octanol–water partition coefficient (Wildman–Crippen LogP) is 6.97. The molecule has 5 nitrogen and oxygen atoms in total. The molecule has 1 aliphatic heterocycles. The molecule has 0 saturated carbocycles. The van der Waals surface area contributed by atoms with E-state index in [4.69, 9.17) is 32.5 Å². The Hall–Kier alpha value is -3.65. The molecule has 38 heavy (non-hydrogen) atoms. The molecule has 6 rings (SSSR count). The van der Waals surface area contributed by atoms with Crippen molar-refractivity contribution in [2.45, 2.75) is 38.9 Å². The van der Waals surface area contributed by atoms with E-state index in [0.717, 1.165) is 49.5 Å². The Morgan fingerprint density at radius 3 is 2.08 bits per heavy atom. The number of nitrogen functional groups attached to an aromatic ring is 1. The summed E-state index contributed by atoms with van der Waals surface area (Å²) in [6.07, 6.45) is 0. The van der Waals surface area contributed by atoms with Gasteiger partial charge >= 0.3 is 7.12 Å². The van der Waals surface area contributed by atoms with Gasteiger partial charge in [0.1, 0.15) is 5.69 Å². The highest BCUT2D eigenvalue weighted by atomic mass is 32.1. The van der Waals surface area contributed by atoms with Crippen molar-refractivity contribution in [3.05, 3.63) is 84.9 Å². The Morgan fingerprint density at radius 2 is 1.42 bits per heavy atom. The third-order valence-corrected chi connectivity index (χ3v) is 8.07. The molecule has 0 aliphatic carbocycles. The summed E-state index contributed by atoms with van der Waals surface area (Å²) in [5.74, 6) is 0. The zero-order chi connectivity index (χ0) is 26.7. The van der Waals surface area contributed by atoms with Crippen LogP contribution in [-0.2, 0) is 21.7 Å². The molecule has 0 unspecified atom stereocenters. The van der Waals surface area contributed by atoms with Crippen molar-refractivity contribution in [1.29, 1.82) is 0 Å². The topological polar surface area (TPSA) is 69.7 Å². The predicted molar refractivity (Wildman–Crippen MR) is 160 cm³/mol. The number of aromatic nitrogens is 1. The van der Waals surface area contributed by atoms with E-state index in [1.165, 1.54) is 0 Å². The quantitative estimate of drug-likeness (QED) is 0.159. The molecular formula is C31H28BN3O2S. The maximum atomic E-state index is 6.70. The van der Waals surface area contributed by atoms with E-state index >= 15 is 0 Å². The average molecular weight is 517 g/mol. The molecule has 1 aliphatic rings. The Kier molecular flexibility index (Phi) is 5.83. The summed E-state index contributed by atoms with van der Waals surface area (Å²) in [5, 5.41) is 2.83. The molecule has 7 heteroatoms. The Morgan fingerprint density at radius 1 is 0.789 bits per heavy atom. The molecule has 4 aromatic carbocycles. The van der Waals surface area contributed by atoms with Crippen LogP contribution in [0.1, 0.15) is 27.7 Å². The van der Waals surface area contributed by atoms with E-state index in [0.29, 0.717) is 11.4 Å². The number of para-hydroxylation sites is 1. The fourth-order valence-corrected chi connectivity index (χ4v) is 5.24. The highest BCUT2D eigenvalue weighted by Crippen LogP contribution is 2.45. The smallest absolute Gasteiger partial charge is 0.399 e. The van der Waals surface area contributed by atoms with Gasteiger partial charge in [0.15, 0.2) is 0 Å². The third-order valence-electron chi connectivity index (χ3n) is 7.89. The van der Waals surface area contributed by atoms with Crippen molar-refractivity contribution in [3.8, 4) is 22.4 Å². The maximum absolute atomic E-state index is 6.70. The summed E-state index contributed by atoms with van der Waals surface area (Å²) in [4.78, 5) is 5.11. The third kappa shape index (κ3) is 3.90. The van der Waals surface area contributed by atoms with Gasteiger partial charge in [0.2, 0.25) is 0 Å². The first-order valence-corrected chi connectivity index (χ1v) is 13.1. The van der Waals surface area contributed by atoms with Crippen LogP contribution in [0.15, 0.2) is 89.3 Å². The molecule has 1 saturated heterocycles. The summed E-state index contributed by atoms with van der Waals surface area (Å²) in [7, 11) is -0.426. The van der Waals surface area contributed by atoms with E-state index < -0.39 is 18.3 Å². The van der Waals surface area contributed by atoms with Gasteiger partial charge < -0.3 is 15.0 Å². The second kappa shape index (κ2) is 8.98. The van der Waals surface area contributed by atoms with Gasteiger partial charge in [-0.3, -0.25) is 0 Å². The van der Waals surface area contributed by atoms with Gasteiger partial charge in [0.25, 0.3) is 0 Å². The lowest BCUT2D eigenvalue weighted by molar-refractivity contribution is 0.00578. The standard InChI is InChI=1S/C31H28BN3O2S/c1-30(2)31(3,4)37-32(36-30)21-16-14-20(15-17-21)28-24-18-23(19-10-6-5-7-11-19)27(33)29(35-38)26(24)22-12-8-9-13-25(22)34-28/h5-18H,33H2,1-4H3. The number of hydrogen-bond donors (Lipinski definition) is 1. The number of nitrogens with zero attached hydrogens (tertiary/aromatic N) is 2. The van der Waals surface area contributed by atoms with E-state index in [1.807, 2.05) is 66.7 Å². The molecule has 2 N–H and O–H groups in total. The summed E-state index contributed by atoms with van der Waals surface area (Å²) < 4.78 is 16.8. The van der Waals surface area contributed by atoms with Gasteiger partial charge in [-0.1, -0.05) is 72.8 Å². The molecular weight excluding hydrogens is 489 g/mol. The zero-order valence-electron chi connectivity index (χ0n) is 21.9. The number of fused-ring (bicyclic) bond motifs is 3. The number of nitrogens with two attached hydrogens (primary N) is 1. The van der Waals surface area contributed by atoms with E-state index in [1.54, 1.807) is 0 Å². The molecule has 0 radical (unpaired) electrons. The highest BCUT2D eigenvalue weighted by molar-refractivity contribution is 7.47. The molecule has 0 bridgehead atoms.